The molecule has 0 aromatic rings. The number of aliphatic hydroxyl groups excluding tert-OH is 1. The Labute approximate surface area is 90.2 Å². The van der Waals surface area contributed by atoms with Crippen LogP contribution in [0, 0.1) is 0 Å². The summed E-state index contributed by atoms with van der Waals surface area (Å²) in [4.78, 5) is 13.3. The number of hydrogen-bond acceptors (Lipinski definition) is 4. The normalized spacial score (nSPS) is 33.9. The van der Waals surface area contributed by atoms with Gasteiger partial charge in [0.2, 0.25) is 0 Å². The Morgan fingerprint density at radius 3 is 2.53 bits per heavy atom. The maximum Gasteiger partial charge on any atom is 0.133 e. The molecule has 2 fully saturated rings. The summed E-state index contributed by atoms with van der Waals surface area (Å²) < 4.78 is 5.24. The Morgan fingerprint density at radius 1 is 1.33 bits per heavy atom. The molecule has 1 aliphatic heterocycles. The first kappa shape index (κ1) is 11.0. The van der Waals surface area contributed by atoms with E-state index in [2.05, 4.69) is 4.90 Å². The Hall–Kier alpha value is -0.450. The number of carbonyl (C=O) groups excluding carboxylic acids is 1. The predicted molar refractivity (Wildman–Crippen MR) is 55.6 cm³/mol. The number of hydrogen-bond donors (Lipinski definition) is 1. The van der Waals surface area contributed by atoms with Gasteiger partial charge in [0.05, 0.1) is 25.4 Å². The van der Waals surface area contributed by atoms with Crippen LogP contribution in [0.1, 0.15) is 25.7 Å². The number of nitrogens with zero attached hydrogens (tertiary/aromatic N) is 1. The van der Waals surface area contributed by atoms with E-state index >= 15 is 0 Å². The topological polar surface area (TPSA) is 49.8 Å². The van der Waals surface area contributed by atoms with Gasteiger partial charge in [-0.15, -0.1) is 0 Å². The molecule has 2 unspecified atom stereocenters. The van der Waals surface area contributed by atoms with Crippen LogP contribution in [0.2, 0.25) is 0 Å². The predicted octanol–water partition coefficient (Wildman–Crippen LogP) is 0.190. The summed E-state index contributed by atoms with van der Waals surface area (Å²) in [6, 6.07) is 0.548. The number of rotatable bonds is 2. The van der Waals surface area contributed by atoms with E-state index in [1.165, 1.54) is 0 Å². The average molecular weight is 213 g/mol. The van der Waals surface area contributed by atoms with Gasteiger partial charge in [-0.05, 0) is 19.9 Å². The van der Waals surface area contributed by atoms with Gasteiger partial charge in [0, 0.05) is 18.9 Å². The second kappa shape index (κ2) is 4.60. The first-order valence-electron chi connectivity index (χ1n) is 5.68. The molecule has 15 heavy (non-hydrogen) atoms. The second-order valence-electron chi connectivity index (χ2n) is 4.61. The van der Waals surface area contributed by atoms with Crippen molar-refractivity contribution in [3.8, 4) is 0 Å². The first-order valence-corrected chi connectivity index (χ1v) is 5.68. The van der Waals surface area contributed by atoms with Gasteiger partial charge in [-0.3, -0.25) is 9.69 Å². The van der Waals surface area contributed by atoms with Gasteiger partial charge < -0.3 is 9.84 Å². The molecule has 1 N–H and O–H groups in total. The van der Waals surface area contributed by atoms with E-state index in [4.69, 9.17) is 4.74 Å². The zero-order valence-electron chi connectivity index (χ0n) is 9.19. The molecule has 0 aromatic heterocycles. The number of carbonyl (C=O) groups is 1. The van der Waals surface area contributed by atoms with Crippen molar-refractivity contribution >= 4 is 5.78 Å². The van der Waals surface area contributed by atoms with Crippen LogP contribution in [0.15, 0.2) is 0 Å². The van der Waals surface area contributed by atoms with Crippen molar-refractivity contribution < 1.29 is 14.6 Å². The van der Waals surface area contributed by atoms with E-state index in [-0.39, 0.29) is 12.1 Å². The molecule has 2 atom stereocenters. The lowest BCUT2D eigenvalue weighted by Crippen LogP contribution is -2.47. The average Bonchev–Trinajstić information content (AvgIpc) is 2.65. The highest BCUT2D eigenvalue weighted by molar-refractivity contribution is 5.79. The number of ketones is 1. The highest BCUT2D eigenvalue weighted by Crippen LogP contribution is 2.23. The Balaban J connectivity index is 1.89. The molecule has 2 rings (SSSR count). The van der Waals surface area contributed by atoms with Crippen molar-refractivity contribution in [3.05, 3.63) is 0 Å². The molecule has 0 spiro atoms. The summed E-state index contributed by atoms with van der Waals surface area (Å²) in [6.45, 7) is 1.06. The minimum atomic E-state index is -0.368. The van der Waals surface area contributed by atoms with Crippen LogP contribution >= 0.6 is 0 Å². The van der Waals surface area contributed by atoms with E-state index in [1.54, 1.807) is 0 Å². The van der Waals surface area contributed by atoms with Crippen molar-refractivity contribution in [2.45, 2.75) is 43.9 Å². The number of likely N-dealkylation sites (N-methyl/N-ethyl adjacent to an activating group) is 1. The summed E-state index contributed by atoms with van der Waals surface area (Å²) in [7, 11) is 2.03. The van der Waals surface area contributed by atoms with Crippen LogP contribution in [-0.2, 0) is 9.53 Å². The third-order valence-electron chi connectivity index (χ3n) is 3.63. The molecule has 4 heteroatoms. The molecule has 4 nitrogen and oxygen atoms in total. The van der Waals surface area contributed by atoms with E-state index in [0.717, 1.165) is 12.8 Å². The van der Waals surface area contributed by atoms with Crippen molar-refractivity contribution in [2.75, 3.05) is 20.3 Å². The molecule has 0 amide bonds. The minimum Gasteiger partial charge on any atom is -0.389 e. The van der Waals surface area contributed by atoms with E-state index in [0.29, 0.717) is 37.9 Å². The summed E-state index contributed by atoms with van der Waals surface area (Å²) in [5, 5.41) is 9.71. The summed E-state index contributed by atoms with van der Waals surface area (Å²) in [5.41, 5.74) is 0. The lowest BCUT2D eigenvalue weighted by atomic mass is 9.92. The van der Waals surface area contributed by atoms with Crippen molar-refractivity contribution in [3.63, 3.8) is 0 Å². The fourth-order valence-electron chi connectivity index (χ4n) is 2.52. The van der Waals surface area contributed by atoms with Crippen LogP contribution in [0.25, 0.3) is 0 Å². The van der Waals surface area contributed by atoms with Crippen LogP contribution in [0.4, 0.5) is 0 Å². The molecule has 1 saturated heterocycles. The van der Waals surface area contributed by atoms with Crippen LogP contribution in [0.3, 0.4) is 0 Å². The zero-order chi connectivity index (χ0) is 10.8. The molecule has 0 radical (unpaired) electrons. The van der Waals surface area contributed by atoms with Gasteiger partial charge >= 0.3 is 0 Å². The molecule has 2 aliphatic rings. The van der Waals surface area contributed by atoms with Gasteiger partial charge in [0.15, 0.2) is 0 Å². The molecule has 0 bridgehead atoms. The third kappa shape index (κ3) is 2.38. The maximum absolute atomic E-state index is 11.1. The van der Waals surface area contributed by atoms with Gasteiger partial charge in [-0.1, -0.05) is 0 Å². The van der Waals surface area contributed by atoms with Crippen molar-refractivity contribution in [1.82, 2.24) is 4.90 Å². The monoisotopic (exact) mass is 213 g/mol. The van der Waals surface area contributed by atoms with Crippen molar-refractivity contribution in [2.24, 2.45) is 0 Å². The maximum atomic E-state index is 11.1. The molecular weight excluding hydrogens is 194 g/mol. The lowest BCUT2D eigenvalue weighted by Gasteiger charge is -2.35. The summed E-state index contributed by atoms with van der Waals surface area (Å²) >= 11 is 0. The minimum absolute atomic E-state index is 0.114. The molecule has 1 aliphatic carbocycles. The molecular formula is C11H19NO3. The SMILES string of the molecule is CN(C1CCC(=O)CC1)C1COCC1O. The quantitative estimate of drug-likeness (QED) is 0.711. The summed E-state index contributed by atoms with van der Waals surface area (Å²) in [5.74, 6) is 0.378. The van der Waals surface area contributed by atoms with Gasteiger partial charge in [-0.2, -0.15) is 0 Å². The Kier molecular flexibility index (Phi) is 3.38. The number of aliphatic hydroxyl groups is 1. The highest BCUT2D eigenvalue weighted by Gasteiger charge is 2.34. The van der Waals surface area contributed by atoms with Crippen LogP contribution in [0.5, 0.6) is 0 Å². The lowest BCUT2D eigenvalue weighted by molar-refractivity contribution is -0.121. The molecule has 1 saturated carbocycles. The Morgan fingerprint density at radius 2 is 2.00 bits per heavy atom. The largest absolute Gasteiger partial charge is 0.389 e. The third-order valence-corrected chi connectivity index (χ3v) is 3.63. The second-order valence-corrected chi connectivity index (χ2v) is 4.61. The fourth-order valence-corrected chi connectivity index (χ4v) is 2.52. The van der Waals surface area contributed by atoms with Gasteiger partial charge in [0.1, 0.15) is 5.78 Å². The molecule has 0 aromatic carbocycles. The smallest absolute Gasteiger partial charge is 0.133 e. The van der Waals surface area contributed by atoms with E-state index < -0.39 is 0 Å². The fraction of sp³-hybridized carbons (Fsp3) is 0.909. The number of Topliss-reactive ketones (excluding diaryl/α,β-unsaturated/α-hetero) is 1. The van der Waals surface area contributed by atoms with Crippen LogP contribution < -0.4 is 0 Å². The van der Waals surface area contributed by atoms with Gasteiger partial charge in [0.25, 0.3) is 0 Å². The van der Waals surface area contributed by atoms with E-state index in [9.17, 15) is 9.90 Å². The van der Waals surface area contributed by atoms with E-state index in [1.807, 2.05) is 7.05 Å². The molecule has 86 valence electrons. The molecule has 1 heterocycles. The highest BCUT2D eigenvalue weighted by atomic mass is 16.5. The summed E-state index contributed by atoms with van der Waals surface area (Å²) in [6.07, 6.45) is 2.88. The van der Waals surface area contributed by atoms with Crippen LogP contribution in [-0.4, -0.2) is 54.2 Å². The standard InChI is InChI=1S/C11H19NO3/c1-12(10-6-15-7-11(10)14)8-2-4-9(13)5-3-8/h8,10-11,14H,2-7H2,1H3. The first-order chi connectivity index (χ1) is 7.18. The van der Waals surface area contributed by atoms with Gasteiger partial charge in [-0.25, -0.2) is 0 Å². The van der Waals surface area contributed by atoms with Crippen molar-refractivity contribution in [1.29, 1.82) is 0 Å². The zero-order valence-corrected chi connectivity index (χ0v) is 9.19. The Bertz CT molecular complexity index is 234. The number of ether oxygens (including phenoxy) is 1.